The SMILES string of the molecule is Nc1ccc(CCP(c2ccccc2)c2ccccc2)cc1. The zero-order chi connectivity index (χ0) is 15.2. The summed E-state index contributed by atoms with van der Waals surface area (Å²) in [6, 6.07) is 30.0. The van der Waals surface area contributed by atoms with Crippen molar-refractivity contribution in [1.29, 1.82) is 0 Å². The third-order valence-electron chi connectivity index (χ3n) is 3.74. The Morgan fingerprint density at radius 3 is 1.64 bits per heavy atom. The van der Waals surface area contributed by atoms with Crippen molar-refractivity contribution in [3.05, 3.63) is 90.5 Å². The van der Waals surface area contributed by atoms with E-state index in [9.17, 15) is 0 Å². The van der Waals surface area contributed by atoms with Gasteiger partial charge in [0.25, 0.3) is 0 Å². The van der Waals surface area contributed by atoms with Crippen LogP contribution >= 0.6 is 7.92 Å². The van der Waals surface area contributed by atoms with Crippen LogP contribution in [0, 0.1) is 0 Å². The standard InChI is InChI=1S/C20H20NP/c21-18-13-11-17(12-14-18)15-16-22(19-7-3-1-4-8-19)20-9-5-2-6-10-20/h1-14H,15-16,21H2. The molecule has 3 rings (SSSR count). The lowest BCUT2D eigenvalue weighted by molar-refractivity contribution is 1.15. The number of hydrogen-bond acceptors (Lipinski definition) is 1. The van der Waals surface area contributed by atoms with Gasteiger partial charge in [-0.15, -0.1) is 0 Å². The molecule has 0 atom stereocenters. The fraction of sp³-hybridized carbons (Fsp3) is 0.100. The number of anilines is 1. The molecular formula is C20H20NP. The van der Waals surface area contributed by atoms with Crippen molar-refractivity contribution in [2.45, 2.75) is 6.42 Å². The first kappa shape index (κ1) is 14.8. The number of hydrogen-bond donors (Lipinski definition) is 1. The van der Waals surface area contributed by atoms with E-state index in [4.69, 9.17) is 5.73 Å². The maximum absolute atomic E-state index is 5.77. The van der Waals surface area contributed by atoms with Crippen LogP contribution < -0.4 is 16.3 Å². The molecule has 0 fully saturated rings. The Balaban J connectivity index is 1.81. The topological polar surface area (TPSA) is 26.0 Å². The third kappa shape index (κ3) is 3.75. The van der Waals surface area contributed by atoms with Gasteiger partial charge in [0.1, 0.15) is 0 Å². The van der Waals surface area contributed by atoms with E-state index in [2.05, 4.69) is 72.8 Å². The normalized spacial score (nSPS) is 10.8. The van der Waals surface area contributed by atoms with Crippen LogP contribution in [0.5, 0.6) is 0 Å². The molecule has 0 amide bonds. The highest BCUT2D eigenvalue weighted by molar-refractivity contribution is 7.73. The molecule has 0 aliphatic carbocycles. The minimum absolute atomic E-state index is 0.313. The molecule has 2 heteroatoms. The van der Waals surface area contributed by atoms with Crippen LogP contribution in [0.4, 0.5) is 5.69 Å². The van der Waals surface area contributed by atoms with E-state index < -0.39 is 0 Å². The smallest absolute Gasteiger partial charge is 0.0314 e. The maximum atomic E-state index is 5.77. The average molecular weight is 305 g/mol. The van der Waals surface area contributed by atoms with Gasteiger partial charge in [-0.1, -0.05) is 72.8 Å². The summed E-state index contributed by atoms with van der Waals surface area (Å²) in [7, 11) is -0.313. The van der Waals surface area contributed by atoms with Crippen LogP contribution in [-0.4, -0.2) is 6.16 Å². The summed E-state index contributed by atoms with van der Waals surface area (Å²) in [6.45, 7) is 0. The summed E-state index contributed by atoms with van der Waals surface area (Å²) in [5.41, 5.74) is 7.95. The molecular weight excluding hydrogens is 285 g/mol. The zero-order valence-electron chi connectivity index (χ0n) is 12.5. The van der Waals surface area contributed by atoms with E-state index >= 15 is 0 Å². The third-order valence-corrected chi connectivity index (χ3v) is 6.25. The fourth-order valence-corrected chi connectivity index (χ4v) is 4.91. The van der Waals surface area contributed by atoms with Gasteiger partial charge in [0.15, 0.2) is 0 Å². The molecule has 0 saturated carbocycles. The summed E-state index contributed by atoms with van der Waals surface area (Å²) >= 11 is 0. The second-order valence-electron chi connectivity index (χ2n) is 5.31. The minimum Gasteiger partial charge on any atom is -0.399 e. The largest absolute Gasteiger partial charge is 0.399 e. The predicted octanol–water partition coefficient (Wildman–Crippen LogP) is 3.94. The monoisotopic (exact) mass is 305 g/mol. The molecule has 0 heterocycles. The van der Waals surface area contributed by atoms with E-state index in [0.717, 1.165) is 18.3 Å². The van der Waals surface area contributed by atoms with Gasteiger partial charge in [0.2, 0.25) is 0 Å². The van der Waals surface area contributed by atoms with Gasteiger partial charge >= 0.3 is 0 Å². The molecule has 2 N–H and O–H groups in total. The molecule has 0 radical (unpaired) electrons. The van der Waals surface area contributed by atoms with Crippen molar-refractivity contribution in [1.82, 2.24) is 0 Å². The second-order valence-corrected chi connectivity index (χ2v) is 7.65. The number of aryl methyl sites for hydroxylation is 1. The Labute approximate surface area is 133 Å². The highest BCUT2D eigenvalue weighted by Gasteiger charge is 2.13. The van der Waals surface area contributed by atoms with E-state index in [-0.39, 0.29) is 7.92 Å². The molecule has 0 aliphatic heterocycles. The molecule has 0 aliphatic rings. The highest BCUT2D eigenvalue weighted by Crippen LogP contribution is 2.34. The lowest BCUT2D eigenvalue weighted by Gasteiger charge is -2.18. The number of rotatable bonds is 5. The van der Waals surface area contributed by atoms with Crippen LogP contribution in [0.25, 0.3) is 0 Å². The van der Waals surface area contributed by atoms with Crippen molar-refractivity contribution in [3.8, 4) is 0 Å². The summed E-state index contributed by atoms with van der Waals surface area (Å²) in [4.78, 5) is 0. The summed E-state index contributed by atoms with van der Waals surface area (Å²) in [5, 5.41) is 2.89. The second kappa shape index (κ2) is 7.24. The lowest BCUT2D eigenvalue weighted by atomic mass is 10.2. The van der Waals surface area contributed by atoms with Gasteiger partial charge in [0, 0.05) is 5.69 Å². The number of nitrogens with two attached hydrogens (primary N) is 1. The molecule has 22 heavy (non-hydrogen) atoms. The zero-order valence-corrected chi connectivity index (χ0v) is 13.4. The Morgan fingerprint density at radius 1 is 0.636 bits per heavy atom. The van der Waals surface area contributed by atoms with Crippen molar-refractivity contribution in [2.24, 2.45) is 0 Å². The van der Waals surface area contributed by atoms with Crippen molar-refractivity contribution in [2.75, 3.05) is 11.9 Å². The van der Waals surface area contributed by atoms with Crippen molar-refractivity contribution in [3.63, 3.8) is 0 Å². The highest BCUT2D eigenvalue weighted by atomic mass is 31.1. The van der Waals surface area contributed by atoms with Gasteiger partial charge in [-0.3, -0.25) is 0 Å². The first-order chi connectivity index (χ1) is 10.8. The molecule has 0 saturated heterocycles. The Kier molecular flexibility index (Phi) is 4.88. The summed E-state index contributed by atoms with van der Waals surface area (Å²) < 4.78 is 0. The quantitative estimate of drug-likeness (QED) is 0.561. The maximum Gasteiger partial charge on any atom is 0.0314 e. The Hall–Kier alpha value is -2.11. The molecule has 0 unspecified atom stereocenters. The molecule has 0 aromatic heterocycles. The molecule has 0 spiro atoms. The van der Waals surface area contributed by atoms with Crippen molar-refractivity contribution >= 4 is 24.2 Å². The van der Waals surface area contributed by atoms with Crippen LogP contribution in [0.1, 0.15) is 5.56 Å². The van der Waals surface area contributed by atoms with Crippen LogP contribution in [0.15, 0.2) is 84.9 Å². The molecule has 3 aromatic rings. The van der Waals surface area contributed by atoms with Gasteiger partial charge < -0.3 is 5.73 Å². The molecule has 0 bridgehead atoms. The minimum atomic E-state index is -0.313. The summed E-state index contributed by atoms with van der Waals surface area (Å²) in [6.07, 6.45) is 2.24. The molecule has 1 nitrogen and oxygen atoms in total. The van der Waals surface area contributed by atoms with Gasteiger partial charge in [0.05, 0.1) is 0 Å². The van der Waals surface area contributed by atoms with Crippen LogP contribution in [0.3, 0.4) is 0 Å². The number of benzene rings is 3. The number of nitrogen functional groups attached to an aromatic ring is 1. The van der Waals surface area contributed by atoms with E-state index in [1.807, 2.05) is 12.1 Å². The first-order valence-corrected chi connectivity index (χ1v) is 9.08. The average Bonchev–Trinajstić information content (AvgIpc) is 2.59. The Morgan fingerprint density at radius 2 is 1.14 bits per heavy atom. The lowest BCUT2D eigenvalue weighted by Crippen LogP contribution is -2.14. The fourth-order valence-electron chi connectivity index (χ4n) is 2.55. The van der Waals surface area contributed by atoms with Gasteiger partial charge in [-0.2, -0.15) is 0 Å². The van der Waals surface area contributed by atoms with Gasteiger partial charge in [-0.05, 0) is 48.8 Å². The predicted molar refractivity (Wildman–Crippen MR) is 98.5 cm³/mol. The van der Waals surface area contributed by atoms with E-state index in [1.54, 1.807) is 0 Å². The van der Waals surface area contributed by atoms with Crippen LogP contribution in [-0.2, 0) is 6.42 Å². The van der Waals surface area contributed by atoms with Crippen LogP contribution in [0.2, 0.25) is 0 Å². The molecule has 110 valence electrons. The van der Waals surface area contributed by atoms with E-state index in [1.165, 1.54) is 16.2 Å². The molecule has 3 aromatic carbocycles. The van der Waals surface area contributed by atoms with Gasteiger partial charge in [-0.25, -0.2) is 0 Å². The Bertz CT molecular complexity index is 653. The van der Waals surface area contributed by atoms with Crippen molar-refractivity contribution < 1.29 is 0 Å². The van der Waals surface area contributed by atoms with E-state index in [0.29, 0.717) is 0 Å². The first-order valence-electron chi connectivity index (χ1n) is 7.55. The summed E-state index contributed by atoms with van der Waals surface area (Å²) in [5.74, 6) is 0.